The van der Waals surface area contributed by atoms with Crippen molar-refractivity contribution >= 4 is 11.6 Å². The molecule has 0 fully saturated rings. The van der Waals surface area contributed by atoms with E-state index in [9.17, 15) is 4.39 Å². The molecule has 2 aromatic rings. The number of oxazole rings is 1. The Morgan fingerprint density at radius 3 is 3.00 bits per heavy atom. The summed E-state index contributed by atoms with van der Waals surface area (Å²) in [5.41, 5.74) is 0.258. The molecule has 0 saturated heterocycles. The third-order valence-corrected chi connectivity index (χ3v) is 2.78. The molecule has 0 spiro atoms. The minimum atomic E-state index is -0.410. The van der Waals surface area contributed by atoms with Gasteiger partial charge in [-0.25, -0.2) is 9.37 Å². The van der Waals surface area contributed by atoms with Crippen molar-refractivity contribution in [2.45, 2.75) is 19.9 Å². The zero-order valence-corrected chi connectivity index (χ0v) is 10.8. The van der Waals surface area contributed by atoms with Crippen molar-refractivity contribution < 1.29 is 8.81 Å². The summed E-state index contributed by atoms with van der Waals surface area (Å²) in [5, 5.41) is 3.48. The number of rotatable bonds is 5. The van der Waals surface area contributed by atoms with Crippen molar-refractivity contribution in [2.24, 2.45) is 0 Å². The smallest absolute Gasteiger partial charge is 0.208 e. The van der Waals surface area contributed by atoms with Gasteiger partial charge in [-0.05, 0) is 25.1 Å². The molecule has 0 bridgehead atoms. The largest absolute Gasteiger partial charge is 0.439 e. The Morgan fingerprint density at radius 1 is 1.44 bits per heavy atom. The van der Waals surface area contributed by atoms with Gasteiger partial charge in [-0.3, -0.25) is 0 Å². The minimum Gasteiger partial charge on any atom is -0.439 e. The standard InChI is InChI=1S/C13H14ClFN2O/c1-2-6-16-8-12-17-7-11(18-12)13-9(14)4-3-5-10(13)15/h3-5,7,16H,2,6,8H2,1H3. The first-order valence-electron chi connectivity index (χ1n) is 5.82. The summed E-state index contributed by atoms with van der Waals surface area (Å²) in [5.74, 6) is 0.468. The predicted octanol–water partition coefficient (Wildman–Crippen LogP) is 3.63. The lowest BCUT2D eigenvalue weighted by molar-refractivity contribution is 0.475. The van der Waals surface area contributed by atoms with Crippen LogP contribution in [0.1, 0.15) is 19.2 Å². The Balaban J connectivity index is 2.19. The second-order valence-electron chi connectivity index (χ2n) is 3.89. The topological polar surface area (TPSA) is 38.1 Å². The van der Waals surface area contributed by atoms with E-state index in [-0.39, 0.29) is 5.56 Å². The highest BCUT2D eigenvalue weighted by molar-refractivity contribution is 6.33. The zero-order chi connectivity index (χ0) is 13.0. The molecule has 96 valence electrons. The van der Waals surface area contributed by atoms with Crippen molar-refractivity contribution in [1.29, 1.82) is 0 Å². The van der Waals surface area contributed by atoms with E-state index in [1.165, 1.54) is 12.3 Å². The van der Waals surface area contributed by atoms with Crippen LogP contribution in [0.3, 0.4) is 0 Å². The number of halogens is 2. The monoisotopic (exact) mass is 268 g/mol. The molecule has 3 nitrogen and oxygen atoms in total. The number of hydrogen-bond donors (Lipinski definition) is 1. The highest BCUT2D eigenvalue weighted by Gasteiger charge is 2.14. The highest BCUT2D eigenvalue weighted by Crippen LogP contribution is 2.30. The van der Waals surface area contributed by atoms with Crippen LogP contribution in [-0.4, -0.2) is 11.5 Å². The van der Waals surface area contributed by atoms with Gasteiger partial charge in [0.1, 0.15) is 5.82 Å². The summed E-state index contributed by atoms with van der Waals surface area (Å²) in [4.78, 5) is 4.09. The van der Waals surface area contributed by atoms with Crippen LogP contribution in [0, 0.1) is 5.82 Å². The molecule has 0 aliphatic carbocycles. The van der Waals surface area contributed by atoms with E-state index in [0.29, 0.717) is 23.2 Å². The van der Waals surface area contributed by atoms with Gasteiger partial charge in [0.25, 0.3) is 0 Å². The van der Waals surface area contributed by atoms with Crippen LogP contribution in [0.5, 0.6) is 0 Å². The van der Waals surface area contributed by atoms with Crippen LogP contribution in [0.15, 0.2) is 28.8 Å². The molecule has 1 aromatic heterocycles. The molecule has 0 amide bonds. The van der Waals surface area contributed by atoms with Gasteiger partial charge >= 0.3 is 0 Å². The van der Waals surface area contributed by atoms with E-state index in [4.69, 9.17) is 16.0 Å². The van der Waals surface area contributed by atoms with Crippen molar-refractivity contribution in [2.75, 3.05) is 6.54 Å². The van der Waals surface area contributed by atoms with E-state index in [1.807, 2.05) is 0 Å². The maximum absolute atomic E-state index is 13.7. The molecule has 0 aliphatic rings. The fraction of sp³-hybridized carbons (Fsp3) is 0.308. The van der Waals surface area contributed by atoms with Crippen LogP contribution in [-0.2, 0) is 6.54 Å². The van der Waals surface area contributed by atoms with Crippen LogP contribution in [0.25, 0.3) is 11.3 Å². The molecule has 1 aromatic carbocycles. The van der Waals surface area contributed by atoms with E-state index < -0.39 is 5.82 Å². The van der Waals surface area contributed by atoms with E-state index in [2.05, 4.69) is 17.2 Å². The number of benzene rings is 1. The lowest BCUT2D eigenvalue weighted by Crippen LogP contribution is -2.13. The van der Waals surface area contributed by atoms with Crippen LogP contribution < -0.4 is 5.32 Å². The van der Waals surface area contributed by atoms with Gasteiger partial charge < -0.3 is 9.73 Å². The summed E-state index contributed by atoms with van der Waals surface area (Å²) in [6, 6.07) is 4.53. The predicted molar refractivity (Wildman–Crippen MR) is 68.9 cm³/mol. The maximum Gasteiger partial charge on any atom is 0.208 e. The fourth-order valence-corrected chi connectivity index (χ4v) is 1.87. The van der Waals surface area contributed by atoms with E-state index >= 15 is 0 Å². The molecular formula is C13H14ClFN2O. The molecule has 0 radical (unpaired) electrons. The zero-order valence-electron chi connectivity index (χ0n) is 10.0. The second kappa shape index (κ2) is 5.98. The molecule has 1 N–H and O–H groups in total. The summed E-state index contributed by atoms with van der Waals surface area (Å²) in [6.07, 6.45) is 2.53. The van der Waals surface area contributed by atoms with Gasteiger partial charge in [0.15, 0.2) is 5.76 Å². The molecular weight excluding hydrogens is 255 g/mol. The third kappa shape index (κ3) is 2.89. The third-order valence-electron chi connectivity index (χ3n) is 2.47. The Bertz CT molecular complexity index is 507. The van der Waals surface area contributed by atoms with Crippen molar-refractivity contribution in [3.63, 3.8) is 0 Å². The Kier molecular flexibility index (Phi) is 4.33. The van der Waals surface area contributed by atoms with Crippen molar-refractivity contribution in [3.05, 3.63) is 41.1 Å². The molecule has 1 heterocycles. The van der Waals surface area contributed by atoms with Crippen molar-refractivity contribution in [3.8, 4) is 11.3 Å². The lowest BCUT2D eigenvalue weighted by Gasteiger charge is -2.01. The number of hydrogen-bond acceptors (Lipinski definition) is 3. The number of nitrogens with one attached hydrogen (secondary N) is 1. The summed E-state index contributed by atoms with van der Waals surface area (Å²) < 4.78 is 19.1. The van der Waals surface area contributed by atoms with Gasteiger partial charge in [0.05, 0.1) is 23.3 Å². The van der Waals surface area contributed by atoms with Crippen molar-refractivity contribution in [1.82, 2.24) is 10.3 Å². The van der Waals surface area contributed by atoms with Crippen LogP contribution in [0.4, 0.5) is 4.39 Å². The molecule has 0 unspecified atom stereocenters. The molecule has 5 heteroatoms. The van der Waals surface area contributed by atoms with E-state index in [0.717, 1.165) is 13.0 Å². The number of aromatic nitrogens is 1. The Labute approximate surface area is 110 Å². The summed E-state index contributed by atoms with van der Waals surface area (Å²) >= 11 is 5.96. The van der Waals surface area contributed by atoms with Gasteiger partial charge in [0.2, 0.25) is 5.89 Å². The lowest BCUT2D eigenvalue weighted by atomic mass is 10.2. The van der Waals surface area contributed by atoms with Gasteiger partial charge in [0, 0.05) is 0 Å². The van der Waals surface area contributed by atoms with Gasteiger partial charge in [-0.15, -0.1) is 0 Å². The molecule has 18 heavy (non-hydrogen) atoms. The first kappa shape index (κ1) is 13.1. The SMILES string of the molecule is CCCNCc1ncc(-c2c(F)cccc2Cl)o1. The normalized spacial score (nSPS) is 10.8. The first-order chi connectivity index (χ1) is 8.72. The molecule has 2 rings (SSSR count). The average Bonchev–Trinajstić information content (AvgIpc) is 2.78. The van der Waals surface area contributed by atoms with Gasteiger partial charge in [-0.1, -0.05) is 24.6 Å². The van der Waals surface area contributed by atoms with Crippen LogP contribution >= 0.6 is 11.6 Å². The summed E-state index contributed by atoms with van der Waals surface area (Å²) in [7, 11) is 0. The quantitative estimate of drug-likeness (QED) is 0.842. The number of nitrogens with zero attached hydrogens (tertiary/aromatic N) is 1. The minimum absolute atomic E-state index is 0.258. The second-order valence-corrected chi connectivity index (χ2v) is 4.30. The van der Waals surface area contributed by atoms with E-state index in [1.54, 1.807) is 12.1 Å². The first-order valence-corrected chi connectivity index (χ1v) is 6.20. The average molecular weight is 269 g/mol. The molecule has 0 atom stereocenters. The van der Waals surface area contributed by atoms with Crippen LogP contribution in [0.2, 0.25) is 5.02 Å². The highest BCUT2D eigenvalue weighted by atomic mass is 35.5. The fourth-order valence-electron chi connectivity index (χ4n) is 1.61. The summed E-state index contributed by atoms with van der Waals surface area (Å²) in [6.45, 7) is 3.49. The maximum atomic E-state index is 13.7. The molecule has 0 aliphatic heterocycles. The Morgan fingerprint density at radius 2 is 2.28 bits per heavy atom. The van der Waals surface area contributed by atoms with Gasteiger partial charge in [-0.2, -0.15) is 0 Å². The molecule has 0 saturated carbocycles. The Hall–Kier alpha value is -1.39.